The minimum atomic E-state index is -5.66. The van der Waals surface area contributed by atoms with Crippen molar-refractivity contribution in [3.05, 3.63) is 69.2 Å². The molecule has 4 rings (SSSR count). The number of carboxylic acids is 1. The number of fused-ring (bicyclic) bond motifs is 1. The van der Waals surface area contributed by atoms with Crippen molar-refractivity contribution in [3.63, 3.8) is 0 Å². The van der Waals surface area contributed by atoms with Crippen molar-refractivity contribution in [1.82, 2.24) is 9.55 Å². The van der Waals surface area contributed by atoms with E-state index in [9.17, 15) is 31.5 Å². The van der Waals surface area contributed by atoms with Gasteiger partial charge in [-0.25, -0.2) is 9.78 Å². The van der Waals surface area contributed by atoms with Gasteiger partial charge in [0.2, 0.25) is 0 Å². The summed E-state index contributed by atoms with van der Waals surface area (Å²) in [5.74, 6) is -0.637. The lowest BCUT2D eigenvalue weighted by molar-refractivity contribution is -0.0429. The number of alkyl halides is 3. The van der Waals surface area contributed by atoms with E-state index in [1.165, 1.54) is 28.8 Å². The van der Waals surface area contributed by atoms with E-state index in [-0.39, 0.29) is 34.4 Å². The summed E-state index contributed by atoms with van der Waals surface area (Å²) in [6.45, 7) is 1.95. The Balaban J connectivity index is 1.77. The minimum absolute atomic E-state index is 0.0813. The molecule has 2 heterocycles. The number of hydrogen-bond acceptors (Lipinski definition) is 5. The number of furan rings is 1. The molecule has 2 aromatic carbocycles. The number of para-hydroxylation sites is 1. The van der Waals surface area contributed by atoms with Crippen LogP contribution in [-0.4, -0.2) is 34.6 Å². The number of sulfonamides is 1. The maximum atomic E-state index is 12.9. The molecule has 0 atom stereocenters. The van der Waals surface area contributed by atoms with E-state index in [1.54, 1.807) is 22.9 Å². The number of aryl methyl sites for hydroxylation is 1. The number of halogens is 5. The molecule has 0 aliphatic carbocycles. The molecule has 4 aromatic rings. The first-order valence-electron chi connectivity index (χ1n) is 10.2. The number of benzene rings is 2. The van der Waals surface area contributed by atoms with Crippen LogP contribution in [0.3, 0.4) is 0 Å². The van der Waals surface area contributed by atoms with Crippen molar-refractivity contribution in [2.75, 3.05) is 4.72 Å². The lowest BCUT2D eigenvalue weighted by Gasteiger charge is -2.13. The summed E-state index contributed by atoms with van der Waals surface area (Å²) in [6, 6.07) is 10.5. The predicted molar refractivity (Wildman–Crippen MR) is 131 cm³/mol. The van der Waals surface area contributed by atoms with Gasteiger partial charge in [-0.2, -0.15) is 21.6 Å². The first-order chi connectivity index (χ1) is 16.8. The summed E-state index contributed by atoms with van der Waals surface area (Å²) in [7, 11) is -5.66. The molecule has 36 heavy (non-hydrogen) atoms. The first kappa shape index (κ1) is 26.0. The van der Waals surface area contributed by atoms with Crippen LogP contribution in [0.4, 0.5) is 18.9 Å². The highest BCUT2D eigenvalue weighted by Gasteiger charge is 2.46. The lowest BCUT2D eigenvalue weighted by Crippen LogP contribution is -2.30. The SMILES string of the molecule is CCc1nc(Cl)c(C(=O)O)n1Cc1ccc2oc(-c3ccccc3NS(=O)(=O)C(F)(F)F)c(Br)c2c1. The molecule has 0 fully saturated rings. The number of carboxylic acid groups (broad SMARTS) is 1. The van der Waals surface area contributed by atoms with E-state index in [2.05, 4.69) is 20.9 Å². The summed E-state index contributed by atoms with van der Waals surface area (Å²) in [5.41, 5.74) is -4.84. The Morgan fingerprint density at radius 3 is 2.58 bits per heavy atom. The van der Waals surface area contributed by atoms with Gasteiger partial charge in [0.25, 0.3) is 0 Å². The summed E-state index contributed by atoms with van der Waals surface area (Å²) >= 11 is 9.42. The van der Waals surface area contributed by atoms with Crippen LogP contribution in [0.2, 0.25) is 5.15 Å². The molecule has 0 spiro atoms. The molecule has 0 aliphatic rings. The number of aromatic carboxylic acids is 1. The van der Waals surface area contributed by atoms with Crippen LogP contribution in [0, 0.1) is 0 Å². The zero-order chi connectivity index (χ0) is 26.4. The van der Waals surface area contributed by atoms with Gasteiger partial charge >= 0.3 is 21.5 Å². The standard InChI is InChI=1S/C22H16BrClF3N3O5S/c1-2-16-28-20(24)18(21(31)32)30(16)10-11-7-8-15-13(9-11)17(23)19(35-15)12-5-3-4-6-14(12)29-36(33,34)22(25,26)27/h3-9,29H,2,10H2,1H3,(H,31,32). The topological polar surface area (TPSA) is 114 Å². The molecule has 0 aliphatic heterocycles. The van der Waals surface area contributed by atoms with Crippen LogP contribution in [0.5, 0.6) is 0 Å². The molecule has 0 saturated heterocycles. The number of nitrogens with zero attached hydrogens (tertiary/aromatic N) is 2. The van der Waals surface area contributed by atoms with Crippen molar-refractivity contribution in [1.29, 1.82) is 0 Å². The Morgan fingerprint density at radius 1 is 1.25 bits per heavy atom. The average molecular weight is 607 g/mol. The van der Waals surface area contributed by atoms with Gasteiger partial charge in [0.1, 0.15) is 11.4 Å². The van der Waals surface area contributed by atoms with Crippen LogP contribution >= 0.6 is 27.5 Å². The molecule has 2 N–H and O–H groups in total. The van der Waals surface area contributed by atoms with Crippen molar-refractivity contribution in [2.24, 2.45) is 0 Å². The van der Waals surface area contributed by atoms with Crippen LogP contribution < -0.4 is 4.72 Å². The molecule has 0 radical (unpaired) electrons. The van der Waals surface area contributed by atoms with Crippen LogP contribution in [0.1, 0.15) is 28.8 Å². The van der Waals surface area contributed by atoms with E-state index in [1.807, 2.05) is 6.92 Å². The second kappa shape index (κ2) is 9.45. The molecule has 2 aromatic heterocycles. The fourth-order valence-corrected chi connectivity index (χ4v) is 5.12. The Hall–Kier alpha value is -3.03. The third kappa shape index (κ3) is 4.70. The van der Waals surface area contributed by atoms with Crippen molar-refractivity contribution < 1.29 is 35.9 Å². The summed E-state index contributed by atoms with van der Waals surface area (Å²) in [6.07, 6.45) is 0.444. The van der Waals surface area contributed by atoms with E-state index in [0.717, 1.165) is 0 Å². The second-order valence-electron chi connectivity index (χ2n) is 7.58. The van der Waals surface area contributed by atoms with E-state index in [0.29, 0.717) is 33.3 Å². The van der Waals surface area contributed by atoms with Crippen molar-refractivity contribution in [3.8, 4) is 11.3 Å². The van der Waals surface area contributed by atoms with Crippen molar-refractivity contribution >= 4 is 60.2 Å². The normalized spacial score (nSPS) is 12.3. The van der Waals surface area contributed by atoms with Gasteiger partial charge in [-0.05, 0) is 45.8 Å². The molecule has 0 amide bonds. The molecule has 0 unspecified atom stereocenters. The average Bonchev–Trinajstić information content (AvgIpc) is 3.29. The smallest absolute Gasteiger partial charge is 0.476 e. The number of imidazole rings is 1. The number of carbonyl (C=O) groups is 1. The van der Waals surface area contributed by atoms with Gasteiger partial charge in [0, 0.05) is 23.9 Å². The molecule has 8 nitrogen and oxygen atoms in total. The third-order valence-electron chi connectivity index (χ3n) is 5.28. The summed E-state index contributed by atoms with van der Waals surface area (Å²) in [4.78, 5) is 15.8. The third-order valence-corrected chi connectivity index (χ3v) is 7.43. The fraction of sp³-hybridized carbons (Fsp3) is 0.182. The molecule has 0 saturated carbocycles. The second-order valence-corrected chi connectivity index (χ2v) is 10.4. The summed E-state index contributed by atoms with van der Waals surface area (Å²) in [5, 5.41) is 9.97. The quantitative estimate of drug-likeness (QED) is 0.256. The van der Waals surface area contributed by atoms with Gasteiger partial charge in [0.15, 0.2) is 16.6 Å². The number of rotatable bonds is 7. The highest BCUT2D eigenvalue weighted by atomic mass is 79.9. The van der Waals surface area contributed by atoms with Gasteiger partial charge < -0.3 is 14.1 Å². The Labute approximate surface area is 215 Å². The Bertz CT molecular complexity index is 1600. The highest BCUT2D eigenvalue weighted by Crippen LogP contribution is 2.42. The number of hydrogen-bond donors (Lipinski definition) is 2. The number of nitrogens with one attached hydrogen (secondary N) is 1. The van der Waals surface area contributed by atoms with E-state index >= 15 is 0 Å². The Morgan fingerprint density at radius 2 is 1.94 bits per heavy atom. The molecule has 0 bridgehead atoms. The first-order valence-corrected chi connectivity index (χ1v) is 12.9. The Kier molecular flexibility index (Phi) is 6.84. The van der Waals surface area contributed by atoms with Crippen LogP contribution in [-0.2, 0) is 23.0 Å². The highest BCUT2D eigenvalue weighted by molar-refractivity contribution is 9.10. The summed E-state index contributed by atoms with van der Waals surface area (Å²) < 4.78 is 71.4. The molecular formula is C22H16BrClF3N3O5S. The van der Waals surface area contributed by atoms with E-state index in [4.69, 9.17) is 16.0 Å². The van der Waals surface area contributed by atoms with E-state index < -0.39 is 21.5 Å². The fourth-order valence-electron chi connectivity index (χ4n) is 3.65. The monoisotopic (exact) mass is 605 g/mol. The maximum Gasteiger partial charge on any atom is 0.516 e. The van der Waals surface area contributed by atoms with Gasteiger partial charge in [0.05, 0.1) is 10.2 Å². The molecular weight excluding hydrogens is 591 g/mol. The van der Waals surface area contributed by atoms with Gasteiger partial charge in [-0.1, -0.05) is 36.7 Å². The van der Waals surface area contributed by atoms with Gasteiger partial charge in [-0.3, -0.25) is 4.72 Å². The van der Waals surface area contributed by atoms with Crippen LogP contribution in [0.25, 0.3) is 22.3 Å². The van der Waals surface area contributed by atoms with Crippen LogP contribution in [0.15, 0.2) is 51.4 Å². The maximum absolute atomic E-state index is 12.9. The molecule has 190 valence electrons. The van der Waals surface area contributed by atoms with Crippen molar-refractivity contribution in [2.45, 2.75) is 25.4 Å². The molecule has 14 heteroatoms. The zero-order valence-electron chi connectivity index (χ0n) is 18.2. The lowest BCUT2D eigenvalue weighted by atomic mass is 10.1. The number of anilines is 1. The predicted octanol–water partition coefficient (Wildman–Crippen LogP) is 6.28. The van der Waals surface area contributed by atoms with Gasteiger partial charge in [-0.15, -0.1) is 0 Å². The minimum Gasteiger partial charge on any atom is -0.476 e. The largest absolute Gasteiger partial charge is 0.516 e. The number of aromatic nitrogens is 2. The zero-order valence-corrected chi connectivity index (χ0v) is 21.4.